The number of pyridine rings is 1. The van der Waals surface area contributed by atoms with Gasteiger partial charge in [0.1, 0.15) is 5.82 Å². The van der Waals surface area contributed by atoms with Crippen molar-refractivity contribution in [2.45, 2.75) is 44.7 Å². The van der Waals surface area contributed by atoms with Crippen LogP contribution in [0.3, 0.4) is 0 Å². The van der Waals surface area contributed by atoms with Gasteiger partial charge in [-0.1, -0.05) is 49.6 Å². The summed E-state index contributed by atoms with van der Waals surface area (Å²) in [5.74, 6) is 1.52. The van der Waals surface area contributed by atoms with Crippen molar-refractivity contribution in [2.75, 3.05) is 10.6 Å². The second-order valence-electron chi connectivity index (χ2n) is 7.02. The van der Waals surface area contributed by atoms with Gasteiger partial charge in [0.05, 0.1) is 5.69 Å². The molecular formula is C22H25N5. The van der Waals surface area contributed by atoms with Crippen LogP contribution in [-0.2, 0) is 6.54 Å². The van der Waals surface area contributed by atoms with Crippen molar-refractivity contribution in [3.05, 3.63) is 66.5 Å². The lowest BCUT2D eigenvalue weighted by molar-refractivity contribution is 0.461. The van der Waals surface area contributed by atoms with Crippen molar-refractivity contribution in [3.63, 3.8) is 0 Å². The lowest BCUT2D eigenvalue weighted by atomic mass is 9.96. The van der Waals surface area contributed by atoms with Crippen LogP contribution in [0.4, 0.5) is 11.8 Å². The van der Waals surface area contributed by atoms with E-state index in [2.05, 4.69) is 27.8 Å². The van der Waals surface area contributed by atoms with Crippen LogP contribution in [0, 0.1) is 0 Å². The number of anilines is 2. The number of hydrogen-bond acceptors (Lipinski definition) is 5. The number of benzene rings is 1. The topological polar surface area (TPSA) is 62.7 Å². The summed E-state index contributed by atoms with van der Waals surface area (Å²) in [6.45, 7) is 0.729. The van der Waals surface area contributed by atoms with E-state index in [1.807, 2.05) is 42.6 Å². The molecule has 138 valence electrons. The first-order chi connectivity index (χ1) is 13.4. The molecular weight excluding hydrogens is 334 g/mol. The van der Waals surface area contributed by atoms with Gasteiger partial charge in [-0.25, -0.2) is 4.98 Å². The molecule has 2 heterocycles. The van der Waals surface area contributed by atoms with E-state index in [9.17, 15) is 0 Å². The molecule has 1 aliphatic rings. The van der Waals surface area contributed by atoms with E-state index in [0.717, 1.165) is 23.6 Å². The van der Waals surface area contributed by atoms with Crippen molar-refractivity contribution in [1.29, 1.82) is 0 Å². The molecule has 0 aliphatic heterocycles. The molecule has 2 aromatic heterocycles. The maximum absolute atomic E-state index is 4.75. The summed E-state index contributed by atoms with van der Waals surface area (Å²) in [5, 5.41) is 6.98. The minimum Gasteiger partial charge on any atom is -0.366 e. The van der Waals surface area contributed by atoms with E-state index >= 15 is 0 Å². The fourth-order valence-electron chi connectivity index (χ4n) is 3.48. The molecule has 1 aliphatic carbocycles. The molecule has 0 bridgehead atoms. The molecule has 2 N–H and O–H groups in total. The Bertz CT molecular complexity index is 845. The molecule has 0 amide bonds. The molecule has 0 atom stereocenters. The Hall–Kier alpha value is -2.95. The fourth-order valence-corrected chi connectivity index (χ4v) is 3.48. The zero-order valence-corrected chi connectivity index (χ0v) is 15.4. The van der Waals surface area contributed by atoms with Gasteiger partial charge in [0.25, 0.3) is 0 Å². The molecule has 27 heavy (non-hydrogen) atoms. The summed E-state index contributed by atoms with van der Waals surface area (Å²) in [6, 6.07) is 16.8. The van der Waals surface area contributed by atoms with Crippen LogP contribution in [0.1, 0.15) is 37.7 Å². The van der Waals surface area contributed by atoms with E-state index in [0.29, 0.717) is 12.0 Å². The number of hydrogen-bond donors (Lipinski definition) is 2. The molecule has 0 radical (unpaired) electrons. The van der Waals surface area contributed by atoms with Gasteiger partial charge in [-0.05, 0) is 30.5 Å². The highest BCUT2D eigenvalue weighted by molar-refractivity contribution is 5.63. The van der Waals surface area contributed by atoms with Gasteiger partial charge < -0.3 is 10.6 Å². The average Bonchev–Trinajstić information content (AvgIpc) is 2.74. The highest BCUT2D eigenvalue weighted by atomic mass is 15.2. The first-order valence-electron chi connectivity index (χ1n) is 9.71. The van der Waals surface area contributed by atoms with Gasteiger partial charge in [-0.3, -0.25) is 4.98 Å². The van der Waals surface area contributed by atoms with Crippen LogP contribution in [-0.4, -0.2) is 21.0 Å². The van der Waals surface area contributed by atoms with Crippen molar-refractivity contribution >= 4 is 11.8 Å². The maximum Gasteiger partial charge on any atom is 0.225 e. The maximum atomic E-state index is 4.75. The SMILES string of the molecule is c1ccc(CNc2cc(-c3cccnc3)nc(NC3CCCCC3)n2)cc1. The van der Waals surface area contributed by atoms with E-state index in [1.165, 1.54) is 37.7 Å². The van der Waals surface area contributed by atoms with E-state index in [1.54, 1.807) is 6.20 Å². The van der Waals surface area contributed by atoms with Crippen molar-refractivity contribution in [2.24, 2.45) is 0 Å². The second kappa shape index (κ2) is 8.62. The van der Waals surface area contributed by atoms with Gasteiger partial charge in [0.15, 0.2) is 0 Å². The third-order valence-electron chi connectivity index (χ3n) is 4.94. The summed E-state index contributed by atoms with van der Waals surface area (Å²) in [4.78, 5) is 13.7. The monoisotopic (exact) mass is 359 g/mol. The van der Waals surface area contributed by atoms with Gasteiger partial charge in [0, 0.05) is 36.6 Å². The van der Waals surface area contributed by atoms with Crippen LogP contribution in [0.25, 0.3) is 11.3 Å². The highest BCUT2D eigenvalue weighted by Crippen LogP contribution is 2.24. The lowest BCUT2D eigenvalue weighted by Crippen LogP contribution is -2.23. The molecule has 5 heteroatoms. The first kappa shape index (κ1) is 17.5. The third-order valence-corrected chi connectivity index (χ3v) is 4.94. The summed E-state index contributed by atoms with van der Waals surface area (Å²) < 4.78 is 0. The minimum absolute atomic E-state index is 0.463. The Morgan fingerprint density at radius 2 is 1.78 bits per heavy atom. The second-order valence-corrected chi connectivity index (χ2v) is 7.02. The van der Waals surface area contributed by atoms with Gasteiger partial charge >= 0.3 is 0 Å². The Kier molecular flexibility index (Phi) is 5.58. The molecule has 0 saturated heterocycles. The van der Waals surface area contributed by atoms with E-state index < -0.39 is 0 Å². The van der Waals surface area contributed by atoms with Gasteiger partial charge in [-0.15, -0.1) is 0 Å². The summed E-state index contributed by atoms with van der Waals surface area (Å²) in [5.41, 5.74) is 3.10. The smallest absolute Gasteiger partial charge is 0.225 e. The minimum atomic E-state index is 0.463. The van der Waals surface area contributed by atoms with E-state index in [-0.39, 0.29) is 0 Å². The van der Waals surface area contributed by atoms with E-state index in [4.69, 9.17) is 9.97 Å². The van der Waals surface area contributed by atoms with Gasteiger partial charge in [0.2, 0.25) is 5.95 Å². The van der Waals surface area contributed by atoms with Crippen LogP contribution >= 0.6 is 0 Å². The first-order valence-corrected chi connectivity index (χ1v) is 9.71. The zero-order valence-electron chi connectivity index (χ0n) is 15.4. The quantitative estimate of drug-likeness (QED) is 0.656. The fraction of sp³-hybridized carbons (Fsp3) is 0.318. The van der Waals surface area contributed by atoms with Crippen LogP contribution in [0.15, 0.2) is 60.9 Å². The third kappa shape index (κ3) is 4.82. The molecule has 1 aromatic carbocycles. The molecule has 1 fully saturated rings. The Balaban J connectivity index is 1.57. The van der Waals surface area contributed by atoms with Crippen LogP contribution in [0.2, 0.25) is 0 Å². The Labute approximate surface area is 160 Å². The highest BCUT2D eigenvalue weighted by Gasteiger charge is 2.15. The predicted octanol–water partition coefficient (Wildman–Crippen LogP) is 4.90. The predicted molar refractivity (Wildman–Crippen MR) is 110 cm³/mol. The zero-order chi connectivity index (χ0) is 18.3. The molecule has 1 saturated carbocycles. The summed E-state index contributed by atoms with van der Waals surface area (Å²) >= 11 is 0. The summed E-state index contributed by atoms with van der Waals surface area (Å²) in [7, 11) is 0. The Morgan fingerprint density at radius 3 is 2.56 bits per heavy atom. The standard InChI is InChI=1S/C22H25N5/c1-3-8-17(9-4-1)15-24-21-14-20(18-10-7-13-23-16-18)26-22(27-21)25-19-11-5-2-6-12-19/h1,3-4,7-10,13-14,16,19H,2,5-6,11-12,15H2,(H2,24,25,26,27). The number of nitrogens with zero attached hydrogens (tertiary/aromatic N) is 3. The normalized spacial score (nSPS) is 14.7. The number of aromatic nitrogens is 3. The van der Waals surface area contributed by atoms with Crippen molar-refractivity contribution in [3.8, 4) is 11.3 Å². The molecule has 4 rings (SSSR count). The molecule has 0 spiro atoms. The van der Waals surface area contributed by atoms with Crippen LogP contribution in [0.5, 0.6) is 0 Å². The Morgan fingerprint density at radius 1 is 0.926 bits per heavy atom. The van der Waals surface area contributed by atoms with Gasteiger partial charge in [-0.2, -0.15) is 4.98 Å². The van der Waals surface area contributed by atoms with Crippen molar-refractivity contribution in [1.82, 2.24) is 15.0 Å². The number of nitrogens with one attached hydrogen (secondary N) is 2. The average molecular weight is 359 g/mol. The van der Waals surface area contributed by atoms with Crippen molar-refractivity contribution < 1.29 is 0 Å². The largest absolute Gasteiger partial charge is 0.366 e. The summed E-state index contributed by atoms with van der Waals surface area (Å²) in [6.07, 6.45) is 9.88. The number of rotatable bonds is 6. The van der Waals surface area contributed by atoms with Crippen LogP contribution < -0.4 is 10.6 Å². The lowest BCUT2D eigenvalue weighted by Gasteiger charge is -2.23. The molecule has 5 nitrogen and oxygen atoms in total. The molecule has 3 aromatic rings. The molecule has 0 unspecified atom stereocenters.